The Kier molecular flexibility index (Phi) is 5.09. The summed E-state index contributed by atoms with van der Waals surface area (Å²) in [6, 6.07) is 12.8. The second kappa shape index (κ2) is 7.44. The summed E-state index contributed by atoms with van der Waals surface area (Å²) in [5.41, 5.74) is 6.65. The number of carbonyl (C=O) groups is 2. The van der Waals surface area contributed by atoms with Crippen molar-refractivity contribution in [2.45, 2.75) is 11.8 Å². The van der Waals surface area contributed by atoms with Crippen LogP contribution in [0.25, 0.3) is 6.08 Å². The van der Waals surface area contributed by atoms with Crippen LogP contribution in [-0.4, -0.2) is 24.9 Å². The van der Waals surface area contributed by atoms with Crippen LogP contribution in [-0.2, 0) is 4.79 Å². The summed E-state index contributed by atoms with van der Waals surface area (Å²) in [6.45, 7) is 2.09. The molecule has 128 valence electrons. The van der Waals surface area contributed by atoms with Crippen molar-refractivity contribution in [3.8, 4) is 11.5 Å². The molecule has 2 aromatic carbocycles. The molecular formula is C19H17NO4S. The maximum absolute atomic E-state index is 12.5. The Labute approximate surface area is 149 Å². The van der Waals surface area contributed by atoms with Gasteiger partial charge in [0, 0.05) is 10.5 Å². The zero-order valence-corrected chi connectivity index (χ0v) is 14.5. The average molecular weight is 355 g/mol. The van der Waals surface area contributed by atoms with Gasteiger partial charge in [-0.05, 0) is 42.8 Å². The number of Topliss-reactive ketones (excluding diaryl/α,β-unsaturated/α-hetero) is 1. The number of rotatable bonds is 6. The molecular weight excluding hydrogens is 338 g/mol. The van der Waals surface area contributed by atoms with Crippen LogP contribution in [0.3, 0.4) is 0 Å². The number of amides is 1. The summed E-state index contributed by atoms with van der Waals surface area (Å²) < 4.78 is 10.9. The van der Waals surface area contributed by atoms with Crippen molar-refractivity contribution in [2.24, 2.45) is 5.73 Å². The molecule has 0 saturated heterocycles. The molecule has 5 nitrogen and oxygen atoms in total. The van der Waals surface area contributed by atoms with E-state index in [1.54, 1.807) is 12.1 Å². The summed E-state index contributed by atoms with van der Waals surface area (Å²) in [4.78, 5) is 25.0. The number of ketones is 1. The summed E-state index contributed by atoms with van der Waals surface area (Å²) >= 11 is 1.46. The van der Waals surface area contributed by atoms with Crippen LogP contribution < -0.4 is 15.2 Å². The predicted octanol–water partition coefficient (Wildman–Crippen LogP) is 3.28. The van der Waals surface area contributed by atoms with Gasteiger partial charge in [0.2, 0.25) is 5.78 Å². The summed E-state index contributed by atoms with van der Waals surface area (Å²) in [5, 5.41) is 0. The zero-order valence-electron chi connectivity index (χ0n) is 13.7. The maximum atomic E-state index is 12.5. The first-order valence-electron chi connectivity index (χ1n) is 7.79. The molecule has 0 fully saturated rings. The van der Waals surface area contributed by atoms with E-state index in [0.29, 0.717) is 23.0 Å². The number of benzene rings is 2. The van der Waals surface area contributed by atoms with Gasteiger partial charge in [0.15, 0.2) is 18.1 Å². The fourth-order valence-electron chi connectivity index (χ4n) is 2.44. The molecule has 0 aromatic heterocycles. The van der Waals surface area contributed by atoms with Gasteiger partial charge in [-0.3, -0.25) is 9.59 Å². The van der Waals surface area contributed by atoms with Crippen molar-refractivity contribution in [2.75, 3.05) is 13.2 Å². The number of thioether (sulfide) groups is 1. The van der Waals surface area contributed by atoms with Gasteiger partial charge in [0.25, 0.3) is 5.91 Å². The molecule has 0 atom stereocenters. The molecule has 2 N–H and O–H groups in total. The van der Waals surface area contributed by atoms with Crippen LogP contribution in [0, 0.1) is 0 Å². The number of hydrogen-bond acceptors (Lipinski definition) is 5. The van der Waals surface area contributed by atoms with Gasteiger partial charge in [0.1, 0.15) is 0 Å². The molecule has 3 rings (SSSR count). The number of carbonyl (C=O) groups excluding carboxylic acids is 2. The summed E-state index contributed by atoms with van der Waals surface area (Å²) in [5.74, 6) is 0.412. The molecule has 0 saturated carbocycles. The fraction of sp³-hybridized carbons (Fsp3) is 0.158. The van der Waals surface area contributed by atoms with Crippen LogP contribution >= 0.6 is 11.8 Å². The summed E-state index contributed by atoms with van der Waals surface area (Å²) in [7, 11) is 0. The lowest BCUT2D eigenvalue weighted by Crippen LogP contribution is -2.20. The number of hydrogen-bond donors (Lipinski definition) is 1. The van der Waals surface area contributed by atoms with Crippen LogP contribution in [0.15, 0.2) is 52.3 Å². The highest BCUT2D eigenvalue weighted by Gasteiger charge is 2.25. The molecule has 0 unspecified atom stereocenters. The molecule has 0 spiro atoms. The van der Waals surface area contributed by atoms with E-state index in [4.69, 9.17) is 15.2 Å². The van der Waals surface area contributed by atoms with Crippen molar-refractivity contribution in [3.05, 3.63) is 58.5 Å². The van der Waals surface area contributed by atoms with Gasteiger partial charge in [-0.25, -0.2) is 0 Å². The first-order chi connectivity index (χ1) is 12.1. The Balaban J connectivity index is 1.87. The maximum Gasteiger partial charge on any atom is 0.255 e. The quantitative estimate of drug-likeness (QED) is 0.805. The van der Waals surface area contributed by atoms with Gasteiger partial charge < -0.3 is 15.2 Å². The second-order valence-electron chi connectivity index (χ2n) is 5.33. The molecule has 1 amide bonds. The average Bonchev–Trinajstić information content (AvgIpc) is 2.91. The van der Waals surface area contributed by atoms with Crippen molar-refractivity contribution in [3.63, 3.8) is 0 Å². The fourth-order valence-corrected chi connectivity index (χ4v) is 3.49. The molecule has 0 aliphatic carbocycles. The minimum absolute atomic E-state index is 0.0209. The Hall–Kier alpha value is -2.73. The third-order valence-electron chi connectivity index (χ3n) is 3.51. The molecule has 0 radical (unpaired) electrons. The molecule has 1 aliphatic heterocycles. The van der Waals surface area contributed by atoms with Gasteiger partial charge in [-0.1, -0.05) is 30.0 Å². The normalized spacial score (nSPS) is 14.4. The second-order valence-corrected chi connectivity index (χ2v) is 6.41. The Morgan fingerprint density at radius 1 is 1.16 bits per heavy atom. The highest BCUT2D eigenvalue weighted by molar-refractivity contribution is 8.04. The lowest BCUT2D eigenvalue weighted by atomic mass is 10.1. The molecule has 2 aromatic rings. The minimum atomic E-state index is -0.556. The minimum Gasteiger partial charge on any atom is -0.490 e. The van der Waals surface area contributed by atoms with Crippen molar-refractivity contribution in [1.29, 1.82) is 0 Å². The molecule has 25 heavy (non-hydrogen) atoms. The number of fused-ring (bicyclic) bond motifs is 1. The molecule has 0 bridgehead atoms. The highest BCUT2D eigenvalue weighted by atomic mass is 32.2. The number of nitrogens with two attached hydrogens (primary N) is 1. The Bertz CT molecular complexity index is 860. The van der Waals surface area contributed by atoms with E-state index in [-0.39, 0.29) is 12.4 Å². The van der Waals surface area contributed by atoms with E-state index < -0.39 is 5.91 Å². The van der Waals surface area contributed by atoms with Crippen molar-refractivity contribution < 1.29 is 19.1 Å². The third-order valence-corrected chi connectivity index (χ3v) is 4.61. The van der Waals surface area contributed by atoms with Gasteiger partial charge in [0.05, 0.1) is 11.5 Å². The van der Waals surface area contributed by atoms with Gasteiger partial charge >= 0.3 is 0 Å². The summed E-state index contributed by atoms with van der Waals surface area (Å²) in [6.07, 6.45) is 1.83. The van der Waals surface area contributed by atoms with E-state index in [2.05, 4.69) is 0 Å². The first kappa shape index (κ1) is 17.1. The molecule has 6 heteroatoms. The van der Waals surface area contributed by atoms with Crippen molar-refractivity contribution in [1.82, 2.24) is 0 Å². The zero-order chi connectivity index (χ0) is 17.8. The van der Waals surface area contributed by atoms with Crippen LogP contribution in [0.5, 0.6) is 11.5 Å². The van der Waals surface area contributed by atoms with Crippen molar-refractivity contribution >= 4 is 29.5 Å². The van der Waals surface area contributed by atoms with Gasteiger partial charge in [-0.2, -0.15) is 0 Å². The third kappa shape index (κ3) is 3.85. The monoisotopic (exact) mass is 355 g/mol. The highest BCUT2D eigenvalue weighted by Crippen LogP contribution is 2.41. The van der Waals surface area contributed by atoms with Crippen LogP contribution in [0.2, 0.25) is 0 Å². The topological polar surface area (TPSA) is 78.6 Å². The first-order valence-corrected chi connectivity index (χ1v) is 8.61. The molecule has 1 heterocycles. The number of ether oxygens (including phenoxy) is 2. The standard InChI is InChI=1S/C19H17NO4S/c1-2-23-15-9-12(7-8-14(15)24-11-18(20)21)10-17-19(22)13-5-3-4-6-16(13)25-17/h3-10H,2,11H2,1H3,(H2,20,21)/b17-10+. The number of allylic oxidation sites excluding steroid dienone is 1. The van der Waals surface area contributed by atoms with E-state index in [1.165, 1.54) is 11.8 Å². The van der Waals surface area contributed by atoms with Crippen LogP contribution in [0.4, 0.5) is 0 Å². The smallest absolute Gasteiger partial charge is 0.255 e. The van der Waals surface area contributed by atoms with E-state index in [0.717, 1.165) is 16.0 Å². The van der Waals surface area contributed by atoms with E-state index >= 15 is 0 Å². The lowest BCUT2D eigenvalue weighted by Gasteiger charge is -2.11. The van der Waals surface area contributed by atoms with Gasteiger partial charge in [-0.15, -0.1) is 0 Å². The number of primary amides is 1. The Morgan fingerprint density at radius 3 is 2.68 bits per heavy atom. The molecule has 1 aliphatic rings. The Morgan fingerprint density at radius 2 is 1.96 bits per heavy atom. The SMILES string of the molecule is CCOc1cc(/C=C2/Sc3ccccc3C2=O)ccc1OCC(N)=O. The largest absolute Gasteiger partial charge is 0.490 e. The van der Waals surface area contributed by atoms with E-state index in [9.17, 15) is 9.59 Å². The predicted molar refractivity (Wildman–Crippen MR) is 96.9 cm³/mol. The van der Waals surface area contributed by atoms with E-state index in [1.807, 2.05) is 43.3 Å². The van der Waals surface area contributed by atoms with Crippen LogP contribution in [0.1, 0.15) is 22.8 Å². The lowest BCUT2D eigenvalue weighted by molar-refractivity contribution is -0.119.